The van der Waals surface area contributed by atoms with Crippen molar-refractivity contribution in [3.63, 3.8) is 0 Å². The molecule has 0 saturated heterocycles. The molecule has 9 heteroatoms. The smallest absolute Gasteiger partial charge is 0.329 e. The Morgan fingerprint density at radius 1 is 1.71 bits per heavy atom. The minimum absolute atomic E-state index is 0.122. The number of nitrogens with zero attached hydrogens (tertiary/aromatic N) is 3. The van der Waals surface area contributed by atoms with Gasteiger partial charge in [0.05, 0.1) is 11.5 Å². The van der Waals surface area contributed by atoms with Crippen LogP contribution in [0.2, 0.25) is 5.28 Å². The predicted molar refractivity (Wildman–Crippen MR) is 58.8 cm³/mol. The van der Waals surface area contributed by atoms with Gasteiger partial charge in [0.1, 0.15) is 12.7 Å². The van der Waals surface area contributed by atoms with Crippen molar-refractivity contribution in [2.75, 3.05) is 18.5 Å². The van der Waals surface area contributed by atoms with Gasteiger partial charge in [-0.3, -0.25) is 14.9 Å². The van der Waals surface area contributed by atoms with E-state index in [0.29, 0.717) is 0 Å². The fraction of sp³-hybridized carbons (Fsp3) is 0.375. The van der Waals surface area contributed by atoms with Gasteiger partial charge in [-0.15, -0.1) is 0 Å². The Bertz CT molecular complexity index is 440. The zero-order valence-corrected chi connectivity index (χ0v) is 9.60. The largest absolute Gasteiger partial charge is 0.465 e. The summed E-state index contributed by atoms with van der Waals surface area (Å²) in [6.07, 6.45) is 0.961. The van der Waals surface area contributed by atoms with E-state index < -0.39 is 10.9 Å². The zero-order valence-electron chi connectivity index (χ0n) is 8.84. The van der Waals surface area contributed by atoms with Gasteiger partial charge in [0, 0.05) is 0 Å². The second kappa shape index (κ2) is 5.94. The van der Waals surface area contributed by atoms with Crippen molar-refractivity contribution < 1.29 is 14.5 Å². The highest BCUT2D eigenvalue weighted by Gasteiger charge is 2.17. The van der Waals surface area contributed by atoms with Gasteiger partial charge in [-0.25, -0.2) is 4.98 Å². The van der Waals surface area contributed by atoms with E-state index in [-0.39, 0.29) is 29.9 Å². The Balaban J connectivity index is 2.78. The summed E-state index contributed by atoms with van der Waals surface area (Å²) in [6, 6.07) is 0. The van der Waals surface area contributed by atoms with Crippen LogP contribution in [0.5, 0.6) is 0 Å². The van der Waals surface area contributed by atoms with Crippen molar-refractivity contribution in [2.24, 2.45) is 0 Å². The molecule has 0 amide bonds. The SMILES string of the molecule is CCOC(=O)CNc1nc(Cl)ncc1[N+](=O)[O-]. The molecule has 17 heavy (non-hydrogen) atoms. The van der Waals surface area contributed by atoms with Crippen molar-refractivity contribution in [1.82, 2.24) is 9.97 Å². The molecule has 0 unspecified atom stereocenters. The Morgan fingerprint density at radius 3 is 3.00 bits per heavy atom. The number of hydrogen-bond acceptors (Lipinski definition) is 7. The molecule has 0 aliphatic heterocycles. The molecule has 0 aromatic carbocycles. The lowest BCUT2D eigenvalue weighted by atomic mass is 10.4. The first-order valence-corrected chi connectivity index (χ1v) is 4.98. The molecular weight excluding hydrogens is 252 g/mol. The van der Waals surface area contributed by atoms with Crippen LogP contribution in [0.15, 0.2) is 6.20 Å². The Labute approximate surface area is 101 Å². The number of carbonyl (C=O) groups excluding carboxylic acids is 1. The number of hydrogen-bond donors (Lipinski definition) is 1. The van der Waals surface area contributed by atoms with Crippen LogP contribution < -0.4 is 5.32 Å². The van der Waals surface area contributed by atoms with Gasteiger partial charge in [0.15, 0.2) is 0 Å². The van der Waals surface area contributed by atoms with Crippen LogP contribution in [-0.4, -0.2) is 34.0 Å². The van der Waals surface area contributed by atoms with E-state index in [2.05, 4.69) is 20.0 Å². The van der Waals surface area contributed by atoms with Gasteiger partial charge in [0.25, 0.3) is 0 Å². The third-order valence-corrected chi connectivity index (χ3v) is 1.82. The average molecular weight is 261 g/mol. The molecule has 92 valence electrons. The average Bonchev–Trinajstić information content (AvgIpc) is 2.26. The highest BCUT2D eigenvalue weighted by Crippen LogP contribution is 2.21. The van der Waals surface area contributed by atoms with Crippen LogP contribution in [0.25, 0.3) is 0 Å². The molecular formula is C8H9ClN4O4. The van der Waals surface area contributed by atoms with E-state index >= 15 is 0 Å². The summed E-state index contributed by atoms with van der Waals surface area (Å²) in [7, 11) is 0. The molecule has 0 bridgehead atoms. The summed E-state index contributed by atoms with van der Waals surface area (Å²) < 4.78 is 4.65. The molecule has 0 atom stereocenters. The molecule has 1 N–H and O–H groups in total. The molecule has 0 saturated carbocycles. The minimum atomic E-state index is -0.677. The third kappa shape index (κ3) is 3.83. The van der Waals surface area contributed by atoms with Crippen LogP contribution in [0.3, 0.4) is 0 Å². The maximum Gasteiger partial charge on any atom is 0.329 e. The van der Waals surface area contributed by atoms with Crippen LogP contribution in [0, 0.1) is 10.1 Å². The molecule has 1 aromatic rings. The van der Waals surface area contributed by atoms with Gasteiger partial charge < -0.3 is 10.1 Å². The topological polar surface area (TPSA) is 107 Å². The number of nitro groups is 1. The molecule has 1 heterocycles. The zero-order chi connectivity index (χ0) is 12.8. The lowest BCUT2D eigenvalue weighted by Crippen LogP contribution is -2.18. The third-order valence-electron chi connectivity index (χ3n) is 1.64. The molecule has 0 aliphatic rings. The summed E-state index contributed by atoms with van der Waals surface area (Å²) in [5, 5.41) is 12.9. The van der Waals surface area contributed by atoms with Gasteiger partial charge >= 0.3 is 11.7 Å². The van der Waals surface area contributed by atoms with E-state index in [9.17, 15) is 14.9 Å². The quantitative estimate of drug-likeness (QED) is 0.364. The molecule has 8 nitrogen and oxygen atoms in total. The predicted octanol–water partition coefficient (Wildman–Crippen LogP) is 1.01. The Kier molecular flexibility index (Phi) is 4.58. The summed E-state index contributed by atoms with van der Waals surface area (Å²) >= 11 is 5.50. The monoisotopic (exact) mass is 260 g/mol. The fourth-order valence-corrected chi connectivity index (χ4v) is 1.12. The van der Waals surface area contributed by atoms with Gasteiger partial charge in [-0.1, -0.05) is 0 Å². The van der Waals surface area contributed by atoms with Crippen molar-refractivity contribution in [3.8, 4) is 0 Å². The van der Waals surface area contributed by atoms with E-state index in [1.807, 2.05) is 0 Å². The number of esters is 1. The van der Waals surface area contributed by atoms with Crippen LogP contribution in [0.4, 0.5) is 11.5 Å². The van der Waals surface area contributed by atoms with E-state index in [4.69, 9.17) is 11.6 Å². The first-order chi connectivity index (χ1) is 8.04. The van der Waals surface area contributed by atoms with Crippen molar-refractivity contribution in [2.45, 2.75) is 6.92 Å². The van der Waals surface area contributed by atoms with E-state index in [0.717, 1.165) is 6.20 Å². The number of ether oxygens (including phenoxy) is 1. The maximum atomic E-state index is 11.1. The highest BCUT2D eigenvalue weighted by molar-refractivity contribution is 6.28. The minimum Gasteiger partial charge on any atom is -0.465 e. The number of rotatable bonds is 5. The Morgan fingerprint density at radius 2 is 2.41 bits per heavy atom. The molecule has 1 aromatic heterocycles. The van der Waals surface area contributed by atoms with E-state index in [1.165, 1.54) is 0 Å². The van der Waals surface area contributed by atoms with Gasteiger partial charge in [-0.2, -0.15) is 4.98 Å². The summed E-state index contributed by atoms with van der Waals surface area (Å²) in [5.41, 5.74) is -0.362. The number of aromatic nitrogens is 2. The summed E-state index contributed by atoms with van der Waals surface area (Å²) in [4.78, 5) is 28.1. The first-order valence-electron chi connectivity index (χ1n) is 4.61. The number of carbonyl (C=O) groups is 1. The van der Waals surface area contributed by atoms with Crippen molar-refractivity contribution >= 4 is 29.1 Å². The first kappa shape index (κ1) is 13.1. The Hall–Kier alpha value is -1.96. The maximum absolute atomic E-state index is 11.1. The van der Waals surface area contributed by atoms with E-state index in [1.54, 1.807) is 6.92 Å². The number of halogens is 1. The second-order valence-electron chi connectivity index (χ2n) is 2.79. The fourth-order valence-electron chi connectivity index (χ4n) is 0.986. The molecule has 1 rings (SSSR count). The standard InChI is InChI=1S/C8H9ClN4O4/c1-2-17-6(14)4-10-7-5(13(15)16)3-11-8(9)12-7/h3H,2,4H2,1H3,(H,10,11,12). The number of anilines is 1. The lowest BCUT2D eigenvalue weighted by Gasteiger charge is -2.05. The highest BCUT2D eigenvalue weighted by atomic mass is 35.5. The summed E-state index contributed by atoms with van der Waals surface area (Å²) in [6.45, 7) is 1.65. The summed E-state index contributed by atoms with van der Waals surface area (Å²) in [5.74, 6) is -0.667. The second-order valence-corrected chi connectivity index (χ2v) is 3.13. The van der Waals surface area contributed by atoms with Crippen LogP contribution in [0.1, 0.15) is 6.92 Å². The van der Waals surface area contributed by atoms with Crippen LogP contribution in [-0.2, 0) is 9.53 Å². The normalized spacial score (nSPS) is 9.76. The van der Waals surface area contributed by atoms with Crippen molar-refractivity contribution in [1.29, 1.82) is 0 Å². The van der Waals surface area contributed by atoms with Crippen LogP contribution >= 0.6 is 11.6 Å². The molecule has 0 spiro atoms. The number of nitrogens with one attached hydrogen (secondary N) is 1. The lowest BCUT2D eigenvalue weighted by molar-refractivity contribution is -0.384. The molecule has 0 radical (unpaired) electrons. The van der Waals surface area contributed by atoms with Gasteiger partial charge in [0.2, 0.25) is 11.1 Å². The molecule has 0 fully saturated rings. The molecule has 0 aliphatic carbocycles. The van der Waals surface area contributed by atoms with Crippen molar-refractivity contribution in [3.05, 3.63) is 21.6 Å². The van der Waals surface area contributed by atoms with Gasteiger partial charge in [-0.05, 0) is 18.5 Å².